The van der Waals surface area contributed by atoms with Crippen LogP contribution in [-0.4, -0.2) is 47.0 Å². The van der Waals surface area contributed by atoms with Gasteiger partial charge in [-0.25, -0.2) is 9.59 Å². The van der Waals surface area contributed by atoms with Gasteiger partial charge in [0, 0.05) is 13.0 Å². The third-order valence-electron chi connectivity index (χ3n) is 2.06. The Labute approximate surface area is 94.1 Å². The Bertz CT molecular complexity index is 283. The van der Waals surface area contributed by atoms with E-state index >= 15 is 0 Å². The van der Waals surface area contributed by atoms with Gasteiger partial charge in [-0.05, 0) is 20.8 Å². The number of hydrogen-bond acceptors (Lipinski definition) is 4. The van der Waals surface area contributed by atoms with E-state index in [1.54, 1.807) is 20.8 Å². The van der Waals surface area contributed by atoms with Crippen molar-refractivity contribution >= 4 is 12.2 Å². The van der Waals surface area contributed by atoms with E-state index in [9.17, 15) is 9.59 Å². The number of carboxylic acid groups (broad SMARTS) is 1. The molecule has 0 aliphatic carbocycles. The number of likely N-dealkylation sites (tertiary alicyclic amines) is 1. The molecule has 0 unspecified atom stereocenters. The smallest absolute Gasteiger partial charge is 0.450 e. The third-order valence-corrected chi connectivity index (χ3v) is 2.06. The largest absolute Gasteiger partial charge is 0.506 e. The zero-order chi connectivity index (χ0) is 12.3. The van der Waals surface area contributed by atoms with Gasteiger partial charge in [0.25, 0.3) is 0 Å². The molecule has 0 aromatic carbocycles. The molecule has 92 valence electrons. The van der Waals surface area contributed by atoms with Gasteiger partial charge in [-0.3, -0.25) is 0 Å². The molecule has 6 nitrogen and oxygen atoms in total. The number of hydrogen-bond donors (Lipinski definition) is 1. The van der Waals surface area contributed by atoms with Gasteiger partial charge in [-0.1, -0.05) is 0 Å². The van der Waals surface area contributed by atoms with E-state index in [2.05, 4.69) is 4.74 Å². The molecule has 1 N–H and O–H groups in total. The number of carbonyl (C=O) groups excluding carboxylic acids is 1. The number of nitrogens with zero attached hydrogens (tertiary/aromatic N) is 1. The summed E-state index contributed by atoms with van der Waals surface area (Å²) in [6, 6.07) is 0. The summed E-state index contributed by atoms with van der Waals surface area (Å²) in [7, 11) is 0. The Morgan fingerprint density at radius 3 is 2.50 bits per heavy atom. The van der Waals surface area contributed by atoms with Crippen molar-refractivity contribution in [3.63, 3.8) is 0 Å². The number of carbonyl (C=O) groups is 2. The van der Waals surface area contributed by atoms with Gasteiger partial charge in [0.15, 0.2) is 0 Å². The van der Waals surface area contributed by atoms with Crippen molar-refractivity contribution in [2.24, 2.45) is 0 Å². The average Bonchev–Trinajstić information content (AvgIpc) is 2.48. The Kier molecular flexibility index (Phi) is 3.62. The highest BCUT2D eigenvalue weighted by atomic mass is 16.7. The maximum atomic E-state index is 11.6. The van der Waals surface area contributed by atoms with Crippen molar-refractivity contribution in [1.29, 1.82) is 0 Å². The van der Waals surface area contributed by atoms with Crippen LogP contribution in [0, 0.1) is 0 Å². The molecule has 6 heteroatoms. The minimum absolute atomic E-state index is 0.265. The van der Waals surface area contributed by atoms with Crippen LogP contribution in [0.2, 0.25) is 0 Å². The second-order valence-electron chi connectivity index (χ2n) is 4.72. The van der Waals surface area contributed by atoms with Crippen LogP contribution in [0.3, 0.4) is 0 Å². The van der Waals surface area contributed by atoms with Crippen LogP contribution in [-0.2, 0) is 9.47 Å². The third kappa shape index (κ3) is 3.96. The molecule has 0 aromatic rings. The van der Waals surface area contributed by atoms with Gasteiger partial charge in [0.2, 0.25) is 0 Å². The predicted molar refractivity (Wildman–Crippen MR) is 55.3 cm³/mol. The SMILES string of the molecule is CC(C)(C)OC(=O)N1CC[C@@H](OC(=O)O)C1. The summed E-state index contributed by atoms with van der Waals surface area (Å²) in [4.78, 5) is 23.4. The summed E-state index contributed by atoms with van der Waals surface area (Å²) in [6.07, 6.45) is -1.66. The minimum atomic E-state index is -1.31. The molecule has 0 radical (unpaired) electrons. The van der Waals surface area contributed by atoms with E-state index in [0.29, 0.717) is 13.0 Å². The van der Waals surface area contributed by atoms with Gasteiger partial charge in [0.1, 0.15) is 11.7 Å². The summed E-state index contributed by atoms with van der Waals surface area (Å²) in [5.41, 5.74) is -0.539. The minimum Gasteiger partial charge on any atom is -0.450 e. The molecular weight excluding hydrogens is 214 g/mol. The van der Waals surface area contributed by atoms with Crippen molar-refractivity contribution in [2.45, 2.75) is 38.9 Å². The van der Waals surface area contributed by atoms with Gasteiger partial charge in [-0.15, -0.1) is 0 Å². The van der Waals surface area contributed by atoms with E-state index in [4.69, 9.17) is 9.84 Å². The fourth-order valence-corrected chi connectivity index (χ4v) is 1.46. The van der Waals surface area contributed by atoms with Crippen LogP contribution in [0.4, 0.5) is 9.59 Å². The van der Waals surface area contributed by atoms with Gasteiger partial charge in [0.05, 0.1) is 6.54 Å². The van der Waals surface area contributed by atoms with Crippen LogP contribution < -0.4 is 0 Å². The first kappa shape index (κ1) is 12.6. The second kappa shape index (κ2) is 4.59. The molecule has 0 saturated carbocycles. The van der Waals surface area contributed by atoms with Crippen LogP contribution in [0.25, 0.3) is 0 Å². The standard InChI is InChI=1S/C10H17NO5/c1-10(2,3)16-8(12)11-5-4-7(6-11)15-9(13)14/h7H,4-6H2,1-3H3,(H,13,14)/t7-/m1/s1. The number of ether oxygens (including phenoxy) is 2. The first-order chi connectivity index (χ1) is 7.28. The maximum Gasteiger partial charge on any atom is 0.506 e. The summed E-state index contributed by atoms with van der Waals surface area (Å²) >= 11 is 0. The van der Waals surface area contributed by atoms with E-state index < -0.39 is 24.0 Å². The van der Waals surface area contributed by atoms with Crippen molar-refractivity contribution in [1.82, 2.24) is 4.90 Å². The van der Waals surface area contributed by atoms with E-state index in [0.717, 1.165) is 0 Å². The lowest BCUT2D eigenvalue weighted by atomic mass is 10.2. The van der Waals surface area contributed by atoms with E-state index in [-0.39, 0.29) is 6.54 Å². The highest BCUT2D eigenvalue weighted by molar-refractivity contribution is 5.68. The van der Waals surface area contributed by atoms with Crippen molar-refractivity contribution in [3.8, 4) is 0 Å². The molecule has 1 fully saturated rings. The van der Waals surface area contributed by atoms with Crippen LogP contribution in [0.5, 0.6) is 0 Å². The van der Waals surface area contributed by atoms with Crippen LogP contribution in [0.15, 0.2) is 0 Å². The maximum absolute atomic E-state index is 11.6. The Morgan fingerprint density at radius 2 is 2.00 bits per heavy atom. The summed E-state index contributed by atoms with van der Waals surface area (Å²) in [6.45, 7) is 6.08. The predicted octanol–water partition coefficient (Wildman–Crippen LogP) is 1.69. The number of amides is 1. The zero-order valence-electron chi connectivity index (χ0n) is 9.73. The van der Waals surface area contributed by atoms with Gasteiger partial charge < -0.3 is 19.5 Å². The lowest BCUT2D eigenvalue weighted by Gasteiger charge is -2.24. The fourth-order valence-electron chi connectivity index (χ4n) is 1.46. The van der Waals surface area contributed by atoms with E-state index in [1.165, 1.54) is 4.90 Å². The zero-order valence-corrected chi connectivity index (χ0v) is 9.73. The summed E-state index contributed by atoms with van der Waals surface area (Å²) in [5, 5.41) is 8.43. The normalized spacial score (nSPS) is 20.7. The molecular formula is C10H17NO5. The lowest BCUT2D eigenvalue weighted by molar-refractivity contribution is 0.0225. The highest BCUT2D eigenvalue weighted by Gasteiger charge is 2.31. The summed E-state index contributed by atoms with van der Waals surface area (Å²) in [5.74, 6) is 0. The first-order valence-corrected chi connectivity index (χ1v) is 5.15. The van der Waals surface area contributed by atoms with Crippen molar-refractivity contribution < 1.29 is 24.2 Å². The first-order valence-electron chi connectivity index (χ1n) is 5.15. The molecule has 1 heterocycles. The Balaban J connectivity index is 2.41. The molecule has 1 aliphatic rings. The monoisotopic (exact) mass is 231 g/mol. The van der Waals surface area contributed by atoms with Crippen LogP contribution >= 0.6 is 0 Å². The molecule has 1 aliphatic heterocycles. The molecule has 1 amide bonds. The molecule has 16 heavy (non-hydrogen) atoms. The van der Waals surface area contributed by atoms with Crippen molar-refractivity contribution in [2.75, 3.05) is 13.1 Å². The quantitative estimate of drug-likeness (QED) is 0.695. The summed E-state index contributed by atoms with van der Waals surface area (Å²) < 4.78 is 9.75. The number of rotatable bonds is 1. The molecule has 1 atom stereocenters. The fraction of sp³-hybridized carbons (Fsp3) is 0.800. The van der Waals surface area contributed by atoms with Gasteiger partial charge in [-0.2, -0.15) is 0 Å². The van der Waals surface area contributed by atoms with E-state index in [1.807, 2.05) is 0 Å². The molecule has 1 saturated heterocycles. The topological polar surface area (TPSA) is 76.1 Å². The molecule has 1 rings (SSSR count). The highest BCUT2D eigenvalue weighted by Crippen LogP contribution is 2.17. The Hall–Kier alpha value is -1.46. The van der Waals surface area contributed by atoms with Crippen LogP contribution in [0.1, 0.15) is 27.2 Å². The van der Waals surface area contributed by atoms with Gasteiger partial charge >= 0.3 is 12.2 Å². The molecule has 0 aromatic heterocycles. The van der Waals surface area contributed by atoms with Crippen molar-refractivity contribution in [3.05, 3.63) is 0 Å². The molecule has 0 bridgehead atoms. The lowest BCUT2D eigenvalue weighted by Crippen LogP contribution is -2.36. The average molecular weight is 231 g/mol. The molecule has 0 spiro atoms. The Morgan fingerprint density at radius 1 is 1.38 bits per heavy atom. The second-order valence-corrected chi connectivity index (χ2v) is 4.72.